The predicted octanol–water partition coefficient (Wildman–Crippen LogP) is 4.82. The van der Waals surface area contributed by atoms with Crippen molar-refractivity contribution in [2.75, 3.05) is 69.7 Å². The molecule has 0 saturated carbocycles. The summed E-state index contributed by atoms with van der Waals surface area (Å²) in [6.07, 6.45) is 4.03. The lowest BCUT2D eigenvalue weighted by molar-refractivity contribution is -0.0437. The fourth-order valence-electron chi connectivity index (χ4n) is 6.01. The zero-order valence-electron chi connectivity index (χ0n) is 25.6. The maximum atomic E-state index is 13.3. The van der Waals surface area contributed by atoms with Crippen LogP contribution in [0.3, 0.4) is 0 Å². The highest BCUT2D eigenvalue weighted by Crippen LogP contribution is 2.34. The molecule has 3 aromatic rings. The molecule has 0 amide bonds. The fourth-order valence-corrected chi connectivity index (χ4v) is 6.91. The molecule has 2 aliphatic rings. The number of sulfonamides is 1. The molecule has 0 N–H and O–H groups in total. The van der Waals surface area contributed by atoms with Crippen LogP contribution in [0.4, 0.5) is 24.5 Å². The van der Waals surface area contributed by atoms with E-state index in [0.717, 1.165) is 70.4 Å². The number of halogens is 4. The van der Waals surface area contributed by atoms with Crippen molar-refractivity contribution in [3.63, 3.8) is 0 Å². The number of hydrogen-bond donors (Lipinski definition) is 0. The molecule has 2 aromatic carbocycles. The lowest BCUT2D eigenvalue weighted by Crippen LogP contribution is -2.52. The molecule has 0 atom stereocenters. The summed E-state index contributed by atoms with van der Waals surface area (Å²) in [5, 5.41) is 0.220. The highest BCUT2D eigenvalue weighted by Gasteiger charge is 2.49. The SMILES string of the molecule is COc1cc(N2CCC(N3CCN(C)CC3)CC2)ccc1Cc1ncc(Cl)c(Cc2ccccc2N(C)S(=O)(=O)C(F)(F)F)n1. The molecule has 2 aliphatic heterocycles. The second-order valence-corrected chi connectivity index (χ2v) is 13.9. The van der Waals surface area contributed by atoms with Crippen LogP contribution in [0.15, 0.2) is 48.7 Å². The highest BCUT2D eigenvalue weighted by molar-refractivity contribution is 7.93. The second-order valence-electron chi connectivity index (χ2n) is 11.5. The summed E-state index contributed by atoms with van der Waals surface area (Å²) in [7, 11) is -0.911. The Morgan fingerprint density at radius 3 is 2.36 bits per heavy atom. The van der Waals surface area contributed by atoms with Gasteiger partial charge in [-0.25, -0.2) is 9.97 Å². The summed E-state index contributed by atoms with van der Waals surface area (Å²) in [4.78, 5) is 16.4. The molecule has 45 heavy (non-hydrogen) atoms. The van der Waals surface area contributed by atoms with Gasteiger partial charge in [-0.3, -0.25) is 9.21 Å². The molecular formula is C31H38ClF3N6O3S. The van der Waals surface area contributed by atoms with Crippen molar-refractivity contribution in [3.05, 3.63) is 76.3 Å². The number of methoxy groups -OCH3 is 1. The number of nitrogens with zero attached hydrogens (tertiary/aromatic N) is 6. The van der Waals surface area contributed by atoms with Crippen LogP contribution in [-0.4, -0.2) is 100 Å². The van der Waals surface area contributed by atoms with E-state index in [2.05, 4.69) is 37.8 Å². The molecule has 2 fully saturated rings. The fraction of sp³-hybridized carbons (Fsp3) is 0.484. The molecule has 3 heterocycles. The van der Waals surface area contributed by atoms with Gasteiger partial charge < -0.3 is 14.5 Å². The molecule has 0 spiro atoms. The van der Waals surface area contributed by atoms with Crippen LogP contribution in [-0.2, 0) is 22.9 Å². The van der Waals surface area contributed by atoms with Gasteiger partial charge in [0.1, 0.15) is 11.6 Å². The topological polar surface area (TPSA) is 82.1 Å². The number of likely N-dealkylation sites (N-methyl/N-ethyl adjacent to an activating group) is 1. The highest BCUT2D eigenvalue weighted by atomic mass is 35.5. The molecule has 2 saturated heterocycles. The number of aromatic nitrogens is 2. The van der Waals surface area contributed by atoms with Gasteiger partial charge >= 0.3 is 15.5 Å². The van der Waals surface area contributed by atoms with E-state index in [4.69, 9.17) is 16.3 Å². The maximum Gasteiger partial charge on any atom is 0.516 e. The molecule has 0 aliphatic carbocycles. The van der Waals surface area contributed by atoms with Crippen LogP contribution in [0.1, 0.15) is 35.5 Å². The Morgan fingerprint density at radius 1 is 1.00 bits per heavy atom. The summed E-state index contributed by atoms with van der Waals surface area (Å²) in [5.41, 5.74) is -2.90. The average molecular weight is 667 g/mol. The summed E-state index contributed by atoms with van der Waals surface area (Å²) >= 11 is 6.40. The van der Waals surface area contributed by atoms with Crippen LogP contribution in [0, 0.1) is 0 Å². The molecule has 14 heteroatoms. The molecule has 5 rings (SSSR count). The van der Waals surface area contributed by atoms with Gasteiger partial charge in [-0.1, -0.05) is 35.9 Å². The minimum atomic E-state index is -5.59. The number of alkyl halides is 3. The van der Waals surface area contributed by atoms with Gasteiger partial charge in [0.2, 0.25) is 0 Å². The van der Waals surface area contributed by atoms with E-state index >= 15 is 0 Å². The number of rotatable bonds is 9. The third-order valence-electron chi connectivity index (χ3n) is 8.71. The summed E-state index contributed by atoms with van der Waals surface area (Å²) in [6.45, 7) is 6.45. The van der Waals surface area contributed by atoms with Crippen LogP contribution < -0.4 is 13.9 Å². The second kappa shape index (κ2) is 13.7. The quantitative estimate of drug-likeness (QED) is 0.322. The molecule has 244 valence electrons. The van der Waals surface area contributed by atoms with Crippen molar-refractivity contribution >= 4 is 33.0 Å². The van der Waals surface area contributed by atoms with E-state index in [9.17, 15) is 21.6 Å². The van der Waals surface area contributed by atoms with Crippen molar-refractivity contribution in [2.24, 2.45) is 0 Å². The molecule has 9 nitrogen and oxygen atoms in total. The van der Waals surface area contributed by atoms with Gasteiger partial charge in [0.05, 0.1) is 23.5 Å². The first kappa shape index (κ1) is 33.2. The smallest absolute Gasteiger partial charge is 0.496 e. The summed E-state index contributed by atoms with van der Waals surface area (Å²) in [5.74, 6) is 1.15. The Hall–Kier alpha value is -3.13. The monoisotopic (exact) mass is 666 g/mol. The first-order chi connectivity index (χ1) is 21.4. The number of ether oxygens (including phenoxy) is 1. The predicted molar refractivity (Wildman–Crippen MR) is 170 cm³/mol. The van der Waals surface area contributed by atoms with Crippen molar-refractivity contribution < 1.29 is 26.3 Å². The lowest BCUT2D eigenvalue weighted by Gasteiger charge is -2.42. The zero-order valence-corrected chi connectivity index (χ0v) is 27.2. The van der Waals surface area contributed by atoms with E-state index in [1.807, 2.05) is 12.1 Å². The van der Waals surface area contributed by atoms with Crippen LogP contribution >= 0.6 is 11.6 Å². The Bertz CT molecular complexity index is 1590. The number of piperidine rings is 1. The molecule has 0 radical (unpaired) electrons. The van der Waals surface area contributed by atoms with E-state index in [1.165, 1.54) is 18.3 Å². The van der Waals surface area contributed by atoms with Crippen LogP contribution in [0.5, 0.6) is 5.75 Å². The molecule has 0 bridgehead atoms. The average Bonchev–Trinajstić information content (AvgIpc) is 3.02. The number of benzene rings is 2. The van der Waals surface area contributed by atoms with E-state index in [1.54, 1.807) is 19.2 Å². The number of para-hydroxylation sites is 1. The van der Waals surface area contributed by atoms with Crippen molar-refractivity contribution in [1.82, 2.24) is 19.8 Å². The van der Waals surface area contributed by atoms with Gasteiger partial charge in [-0.05, 0) is 37.6 Å². The van der Waals surface area contributed by atoms with Gasteiger partial charge in [0.15, 0.2) is 0 Å². The summed E-state index contributed by atoms with van der Waals surface area (Å²) in [6, 6.07) is 12.7. The number of piperazine rings is 1. The van der Waals surface area contributed by atoms with Gasteiger partial charge in [0, 0.05) is 88.7 Å². The van der Waals surface area contributed by atoms with E-state index in [0.29, 0.717) is 35.3 Å². The Morgan fingerprint density at radius 2 is 1.69 bits per heavy atom. The minimum Gasteiger partial charge on any atom is -0.496 e. The first-order valence-corrected chi connectivity index (χ1v) is 16.7. The van der Waals surface area contributed by atoms with Crippen LogP contribution in [0.25, 0.3) is 0 Å². The minimum absolute atomic E-state index is 0.00238. The molecule has 0 unspecified atom stereocenters. The third-order valence-corrected chi connectivity index (χ3v) is 10.5. The molecule has 1 aromatic heterocycles. The largest absolute Gasteiger partial charge is 0.516 e. The van der Waals surface area contributed by atoms with E-state index in [-0.39, 0.29) is 21.4 Å². The Labute approximate surface area is 267 Å². The van der Waals surface area contributed by atoms with Gasteiger partial charge in [0.25, 0.3) is 0 Å². The van der Waals surface area contributed by atoms with Crippen molar-refractivity contribution in [3.8, 4) is 5.75 Å². The van der Waals surface area contributed by atoms with Crippen LogP contribution in [0.2, 0.25) is 5.02 Å². The zero-order chi connectivity index (χ0) is 32.4. The maximum absolute atomic E-state index is 13.3. The normalized spacial score (nSPS) is 17.4. The van der Waals surface area contributed by atoms with Crippen molar-refractivity contribution in [2.45, 2.75) is 37.2 Å². The molecular weight excluding hydrogens is 629 g/mol. The summed E-state index contributed by atoms with van der Waals surface area (Å²) < 4.78 is 69.9. The first-order valence-electron chi connectivity index (χ1n) is 14.8. The third kappa shape index (κ3) is 7.48. The Kier molecular flexibility index (Phi) is 10.1. The standard InChI is InChI=1S/C31H38ClF3N6O3S/c1-38-14-16-41(17-15-38)24-10-12-40(13-11-24)25-9-8-23(29(20-25)44-3)19-30-36-21-26(32)27(37-30)18-22-6-4-5-7-28(22)39(2)45(42,43)31(33,34)35/h4-9,20-21,24H,10-19H2,1-3H3. The van der Waals surface area contributed by atoms with Gasteiger partial charge in [-0.15, -0.1) is 0 Å². The van der Waals surface area contributed by atoms with Gasteiger partial charge in [-0.2, -0.15) is 21.6 Å². The Balaban J connectivity index is 1.29. The number of anilines is 2. The van der Waals surface area contributed by atoms with E-state index < -0.39 is 15.5 Å². The van der Waals surface area contributed by atoms with Crippen molar-refractivity contribution in [1.29, 1.82) is 0 Å². The lowest BCUT2D eigenvalue weighted by atomic mass is 10.0. The number of hydrogen-bond acceptors (Lipinski definition) is 8.